The van der Waals surface area contributed by atoms with E-state index in [1.165, 1.54) is 25.7 Å². The van der Waals surface area contributed by atoms with Gasteiger partial charge in [0, 0.05) is 13.1 Å². The van der Waals surface area contributed by atoms with E-state index < -0.39 is 0 Å². The van der Waals surface area contributed by atoms with E-state index in [0.29, 0.717) is 5.96 Å². The summed E-state index contributed by atoms with van der Waals surface area (Å²) in [4.78, 5) is 6.43. The van der Waals surface area contributed by atoms with Gasteiger partial charge in [-0.15, -0.1) is 24.0 Å². The summed E-state index contributed by atoms with van der Waals surface area (Å²) in [6.45, 7) is 5.04. The van der Waals surface area contributed by atoms with Gasteiger partial charge < -0.3 is 16.0 Å². The molecule has 0 saturated carbocycles. The van der Waals surface area contributed by atoms with Crippen molar-refractivity contribution >= 4 is 29.9 Å². The van der Waals surface area contributed by atoms with Crippen molar-refractivity contribution in [3.05, 3.63) is 0 Å². The summed E-state index contributed by atoms with van der Waals surface area (Å²) >= 11 is 0. The average molecular weight is 356 g/mol. The number of nitrogens with two attached hydrogens (primary N) is 1. The second-order valence-corrected chi connectivity index (χ2v) is 4.41. The molecule has 104 valence electrons. The van der Waals surface area contributed by atoms with Gasteiger partial charge in [0.1, 0.15) is 0 Å². The van der Waals surface area contributed by atoms with Gasteiger partial charge in [0.15, 0.2) is 5.96 Å². The van der Waals surface area contributed by atoms with Crippen LogP contribution < -0.4 is 11.1 Å². The van der Waals surface area contributed by atoms with Crippen LogP contribution in [0.1, 0.15) is 39.0 Å². The number of halogens is 1. The molecule has 0 aromatic heterocycles. The van der Waals surface area contributed by atoms with Crippen molar-refractivity contribution in [1.29, 1.82) is 0 Å². The van der Waals surface area contributed by atoms with Crippen LogP contribution in [0.25, 0.3) is 0 Å². The summed E-state index contributed by atoms with van der Waals surface area (Å²) in [6.07, 6.45) is 6.10. The first-order valence-corrected chi connectivity index (χ1v) is 6.35. The highest BCUT2D eigenvalue weighted by Gasteiger charge is 1.92. The van der Waals surface area contributed by atoms with Crippen molar-refractivity contribution in [1.82, 2.24) is 10.2 Å². The predicted molar refractivity (Wildman–Crippen MR) is 87.2 cm³/mol. The van der Waals surface area contributed by atoms with Crippen LogP contribution in [0.4, 0.5) is 0 Å². The van der Waals surface area contributed by atoms with E-state index in [1.54, 1.807) is 0 Å². The number of aliphatic imine (C=N–C) groups is 1. The molecule has 0 radical (unpaired) electrons. The Morgan fingerprint density at radius 3 is 2.47 bits per heavy atom. The molecule has 0 bridgehead atoms. The van der Waals surface area contributed by atoms with E-state index in [4.69, 9.17) is 5.73 Å². The molecule has 0 saturated heterocycles. The minimum absolute atomic E-state index is 0. The number of nitrogens with one attached hydrogen (secondary N) is 1. The monoisotopic (exact) mass is 356 g/mol. The van der Waals surface area contributed by atoms with Gasteiger partial charge in [-0.2, -0.15) is 0 Å². The Morgan fingerprint density at radius 2 is 1.88 bits per heavy atom. The summed E-state index contributed by atoms with van der Waals surface area (Å²) < 4.78 is 0. The largest absolute Gasteiger partial charge is 0.370 e. The third kappa shape index (κ3) is 16.0. The van der Waals surface area contributed by atoms with Gasteiger partial charge in [-0.25, -0.2) is 0 Å². The van der Waals surface area contributed by atoms with E-state index >= 15 is 0 Å². The van der Waals surface area contributed by atoms with E-state index in [1.807, 2.05) is 0 Å². The maximum atomic E-state index is 5.73. The molecule has 0 heterocycles. The van der Waals surface area contributed by atoms with Crippen LogP contribution >= 0.6 is 24.0 Å². The normalized spacial score (nSPS) is 11.4. The maximum Gasteiger partial charge on any atom is 0.188 e. The van der Waals surface area contributed by atoms with Gasteiger partial charge in [0.25, 0.3) is 0 Å². The molecule has 4 nitrogen and oxygen atoms in total. The standard InChI is InChI=1S/C12H28N4.HI/c1-4-5-6-7-9-14-12(13)15-10-8-11-16(2)3;/h4-11H2,1-3H3,(H3,13,14,15);1H. The fraction of sp³-hybridized carbons (Fsp3) is 0.917. The van der Waals surface area contributed by atoms with Gasteiger partial charge in [-0.05, 0) is 33.5 Å². The fourth-order valence-electron chi connectivity index (χ4n) is 1.41. The van der Waals surface area contributed by atoms with Crippen LogP contribution in [0.3, 0.4) is 0 Å². The number of guanidine groups is 1. The molecule has 0 amide bonds. The molecule has 0 aliphatic heterocycles. The van der Waals surface area contributed by atoms with Crippen molar-refractivity contribution in [2.75, 3.05) is 33.7 Å². The fourth-order valence-corrected chi connectivity index (χ4v) is 1.41. The maximum absolute atomic E-state index is 5.73. The van der Waals surface area contributed by atoms with Crippen molar-refractivity contribution in [2.24, 2.45) is 10.7 Å². The molecule has 0 unspecified atom stereocenters. The first-order valence-electron chi connectivity index (χ1n) is 6.35. The van der Waals surface area contributed by atoms with Crippen molar-refractivity contribution in [2.45, 2.75) is 39.0 Å². The minimum atomic E-state index is 0. The van der Waals surface area contributed by atoms with Crippen LogP contribution in [0.5, 0.6) is 0 Å². The molecule has 3 N–H and O–H groups in total. The lowest BCUT2D eigenvalue weighted by atomic mass is 10.2. The SMILES string of the molecule is CCCCCCNC(N)=NCCCN(C)C.I. The van der Waals surface area contributed by atoms with E-state index in [2.05, 4.69) is 36.2 Å². The lowest BCUT2D eigenvalue weighted by Crippen LogP contribution is -2.32. The zero-order valence-corrected chi connectivity index (χ0v) is 13.9. The van der Waals surface area contributed by atoms with Crippen molar-refractivity contribution < 1.29 is 0 Å². The number of hydrogen-bond donors (Lipinski definition) is 2. The van der Waals surface area contributed by atoms with Crippen LogP contribution in [-0.2, 0) is 0 Å². The van der Waals surface area contributed by atoms with Crippen molar-refractivity contribution in [3.8, 4) is 0 Å². The number of rotatable bonds is 9. The average Bonchev–Trinajstić information content (AvgIpc) is 2.24. The molecular weight excluding hydrogens is 327 g/mol. The van der Waals surface area contributed by atoms with E-state index in [9.17, 15) is 0 Å². The molecule has 0 aliphatic rings. The third-order valence-electron chi connectivity index (χ3n) is 2.38. The highest BCUT2D eigenvalue weighted by molar-refractivity contribution is 14.0. The summed E-state index contributed by atoms with van der Waals surface area (Å²) in [5, 5.41) is 3.14. The van der Waals surface area contributed by atoms with Gasteiger partial charge in [0.05, 0.1) is 0 Å². The molecule has 0 fully saturated rings. The quantitative estimate of drug-likeness (QED) is 0.288. The Hall–Kier alpha value is -0.0400. The highest BCUT2D eigenvalue weighted by Crippen LogP contribution is 1.96. The summed E-state index contributed by atoms with van der Waals surface area (Å²) in [7, 11) is 4.14. The Labute approximate surface area is 123 Å². The smallest absolute Gasteiger partial charge is 0.188 e. The summed E-state index contributed by atoms with van der Waals surface area (Å²) in [6, 6.07) is 0. The molecule has 0 rings (SSSR count). The Morgan fingerprint density at radius 1 is 1.18 bits per heavy atom. The molecular formula is C12H29IN4. The lowest BCUT2D eigenvalue weighted by Gasteiger charge is -2.08. The Balaban J connectivity index is 0. The number of unbranched alkanes of at least 4 members (excludes halogenated alkanes) is 3. The number of hydrogen-bond acceptors (Lipinski definition) is 2. The first kappa shape index (κ1) is 19.3. The third-order valence-corrected chi connectivity index (χ3v) is 2.38. The van der Waals surface area contributed by atoms with Crippen LogP contribution in [0, 0.1) is 0 Å². The topological polar surface area (TPSA) is 53.6 Å². The lowest BCUT2D eigenvalue weighted by molar-refractivity contribution is 0.403. The molecule has 0 spiro atoms. The highest BCUT2D eigenvalue weighted by atomic mass is 127. The Kier molecular flexibility index (Phi) is 15.9. The number of nitrogens with zero attached hydrogens (tertiary/aromatic N) is 2. The van der Waals surface area contributed by atoms with Gasteiger partial charge in [-0.1, -0.05) is 26.2 Å². The molecule has 0 atom stereocenters. The zero-order valence-electron chi connectivity index (χ0n) is 11.5. The predicted octanol–water partition coefficient (Wildman–Crippen LogP) is 2.04. The first-order chi connectivity index (χ1) is 7.66. The van der Waals surface area contributed by atoms with Crippen molar-refractivity contribution in [3.63, 3.8) is 0 Å². The van der Waals surface area contributed by atoms with Gasteiger partial charge in [-0.3, -0.25) is 4.99 Å². The molecule has 5 heteroatoms. The molecule has 0 aliphatic carbocycles. The van der Waals surface area contributed by atoms with Crippen LogP contribution in [-0.4, -0.2) is 44.6 Å². The van der Waals surface area contributed by atoms with Gasteiger partial charge in [0.2, 0.25) is 0 Å². The second-order valence-electron chi connectivity index (χ2n) is 4.41. The second kappa shape index (κ2) is 14.0. The van der Waals surface area contributed by atoms with Crippen LogP contribution in [0.15, 0.2) is 4.99 Å². The Bertz CT molecular complexity index is 183. The minimum Gasteiger partial charge on any atom is -0.370 e. The van der Waals surface area contributed by atoms with E-state index in [0.717, 1.165) is 26.1 Å². The molecule has 0 aromatic rings. The van der Waals surface area contributed by atoms with Gasteiger partial charge >= 0.3 is 0 Å². The van der Waals surface area contributed by atoms with E-state index in [-0.39, 0.29) is 24.0 Å². The summed E-state index contributed by atoms with van der Waals surface area (Å²) in [5.74, 6) is 0.593. The van der Waals surface area contributed by atoms with Crippen LogP contribution in [0.2, 0.25) is 0 Å². The summed E-state index contributed by atoms with van der Waals surface area (Å²) in [5.41, 5.74) is 5.73. The molecule has 17 heavy (non-hydrogen) atoms. The molecule has 0 aromatic carbocycles. The zero-order chi connectivity index (χ0) is 12.2.